The maximum atomic E-state index is 13.4. The van der Waals surface area contributed by atoms with Crippen molar-refractivity contribution in [3.05, 3.63) is 41.1 Å². The number of benzene rings is 1. The molecule has 4 rings (SSSR count). The normalized spacial score (nSPS) is 17.9. The van der Waals surface area contributed by atoms with Gasteiger partial charge >= 0.3 is 6.18 Å². The van der Waals surface area contributed by atoms with E-state index in [-0.39, 0.29) is 11.4 Å². The Morgan fingerprint density at radius 1 is 1.08 bits per heavy atom. The summed E-state index contributed by atoms with van der Waals surface area (Å²) < 4.78 is 45.7. The Hall–Kier alpha value is -2.19. The maximum Gasteiger partial charge on any atom is 0.417 e. The highest BCUT2D eigenvalue weighted by Crippen LogP contribution is 2.37. The third-order valence-electron chi connectivity index (χ3n) is 4.70. The van der Waals surface area contributed by atoms with E-state index in [1.54, 1.807) is 6.07 Å². The third-order valence-corrected chi connectivity index (χ3v) is 4.70. The Balaban J connectivity index is 1.86. The summed E-state index contributed by atoms with van der Waals surface area (Å²) in [5.41, 5.74) is 1.11. The Morgan fingerprint density at radius 3 is 2.62 bits per heavy atom. The molecule has 0 radical (unpaired) electrons. The van der Waals surface area contributed by atoms with E-state index in [1.807, 2.05) is 0 Å². The minimum absolute atomic E-state index is 0.0166. The predicted octanol–water partition coefficient (Wildman–Crippen LogP) is 2.64. The summed E-state index contributed by atoms with van der Waals surface area (Å²) in [7, 11) is 0. The zero-order chi connectivity index (χ0) is 18.1. The van der Waals surface area contributed by atoms with E-state index in [4.69, 9.17) is 4.74 Å². The average molecular weight is 364 g/mol. The molecule has 1 fully saturated rings. The topological polar surface area (TPSA) is 50.3 Å². The fourth-order valence-corrected chi connectivity index (χ4v) is 3.42. The summed E-state index contributed by atoms with van der Waals surface area (Å²) in [4.78, 5) is 11.2. The van der Waals surface area contributed by atoms with E-state index in [2.05, 4.69) is 20.2 Å². The van der Waals surface area contributed by atoms with Crippen LogP contribution in [0.25, 0.3) is 11.4 Å². The number of hydrogen-bond donors (Lipinski definition) is 1. The van der Waals surface area contributed by atoms with Crippen molar-refractivity contribution in [2.45, 2.75) is 19.1 Å². The number of morpholine rings is 1. The number of halogens is 3. The first kappa shape index (κ1) is 17.2. The maximum absolute atomic E-state index is 13.4. The molecule has 0 amide bonds. The lowest BCUT2D eigenvalue weighted by molar-refractivity contribution is -0.137. The fraction of sp³-hybridized carbons (Fsp3) is 0.444. The summed E-state index contributed by atoms with van der Waals surface area (Å²) >= 11 is 0. The highest BCUT2D eigenvalue weighted by molar-refractivity contribution is 5.65. The molecule has 0 atom stereocenters. The van der Waals surface area contributed by atoms with Crippen LogP contribution in [0.15, 0.2) is 24.3 Å². The molecule has 0 spiro atoms. The predicted molar refractivity (Wildman–Crippen MR) is 90.9 cm³/mol. The molecule has 2 aliphatic rings. The molecule has 0 aliphatic carbocycles. The van der Waals surface area contributed by atoms with Crippen LogP contribution >= 0.6 is 0 Å². The molecule has 3 heterocycles. The van der Waals surface area contributed by atoms with Crippen molar-refractivity contribution in [1.29, 1.82) is 0 Å². The quantitative estimate of drug-likeness (QED) is 0.888. The van der Waals surface area contributed by atoms with Gasteiger partial charge in [-0.15, -0.1) is 0 Å². The number of nitrogens with zero attached hydrogens (tertiary/aromatic N) is 3. The molecule has 0 saturated carbocycles. The Morgan fingerprint density at radius 2 is 1.85 bits per heavy atom. The number of rotatable bonds is 2. The van der Waals surface area contributed by atoms with E-state index >= 15 is 0 Å². The summed E-state index contributed by atoms with van der Waals surface area (Å²) in [6.45, 7) is 3.88. The Bertz CT molecular complexity index is 804. The van der Waals surface area contributed by atoms with Gasteiger partial charge < -0.3 is 15.0 Å². The van der Waals surface area contributed by atoms with Gasteiger partial charge in [0.15, 0.2) is 5.82 Å². The average Bonchev–Trinajstić information content (AvgIpc) is 2.67. The van der Waals surface area contributed by atoms with Crippen LogP contribution in [0.2, 0.25) is 0 Å². The highest BCUT2D eigenvalue weighted by Gasteiger charge is 2.34. The molecule has 2 aromatic rings. The lowest BCUT2D eigenvalue weighted by atomic mass is 10.0. The first-order valence-electron chi connectivity index (χ1n) is 8.64. The largest absolute Gasteiger partial charge is 0.417 e. The van der Waals surface area contributed by atoms with Crippen LogP contribution in [0.4, 0.5) is 19.0 Å². The fourth-order valence-electron chi connectivity index (χ4n) is 3.42. The molecule has 5 nitrogen and oxygen atoms in total. The van der Waals surface area contributed by atoms with E-state index in [0.717, 1.165) is 36.1 Å². The second kappa shape index (κ2) is 6.85. The van der Waals surface area contributed by atoms with Crippen LogP contribution in [0.3, 0.4) is 0 Å². The number of nitrogens with one attached hydrogen (secondary N) is 1. The van der Waals surface area contributed by atoms with Gasteiger partial charge in [0.05, 0.1) is 24.5 Å². The van der Waals surface area contributed by atoms with Gasteiger partial charge in [-0.1, -0.05) is 18.2 Å². The van der Waals surface area contributed by atoms with Gasteiger partial charge in [0.2, 0.25) is 0 Å². The van der Waals surface area contributed by atoms with Crippen LogP contribution in [0, 0.1) is 0 Å². The number of alkyl halides is 3. The summed E-state index contributed by atoms with van der Waals surface area (Å²) in [6.07, 6.45) is -3.68. The molecule has 138 valence electrons. The second-order valence-corrected chi connectivity index (χ2v) is 6.37. The van der Waals surface area contributed by atoms with Crippen molar-refractivity contribution in [3.8, 4) is 11.4 Å². The van der Waals surface area contributed by atoms with Crippen molar-refractivity contribution in [1.82, 2.24) is 15.3 Å². The first-order chi connectivity index (χ1) is 12.5. The van der Waals surface area contributed by atoms with E-state index in [0.29, 0.717) is 32.8 Å². The molecule has 26 heavy (non-hydrogen) atoms. The van der Waals surface area contributed by atoms with Gasteiger partial charge in [-0.2, -0.15) is 13.2 Å². The van der Waals surface area contributed by atoms with Crippen LogP contribution < -0.4 is 10.2 Å². The molecular formula is C18H19F3N4O. The third kappa shape index (κ3) is 3.26. The molecule has 0 unspecified atom stereocenters. The molecule has 1 N–H and O–H groups in total. The standard InChI is InChI=1S/C18H19F3N4O/c19-18(20,21)14-4-2-1-3-12(14)16-23-15-11-22-6-5-13(15)17(24-16)25-7-9-26-10-8-25/h1-4,22H,5-11H2. The van der Waals surface area contributed by atoms with E-state index < -0.39 is 11.7 Å². The lowest BCUT2D eigenvalue weighted by Crippen LogP contribution is -2.39. The second-order valence-electron chi connectivity index (χ2n) is 6.37. The molecule has 8 heteroatoms. The summed E-state index contributed by atoms with van der Waals surface area (Å²) in [6, 6.07) is 5.48. The van der Waals surface area contributed by atoms with Crippen LogP contribution in [-0.4, -0.2) is 42.8 Å². The van der Waals surface area contributed by atoms with Crippen LogP contribution in [0.1, 0.15) is 16.8 Å². The molecular weight excluding hydrogens is 345 g/mol. The zero-order valence-electron chi connectivity index (χ0n) is 14.1. The van der Waals surface area contributed by atoms with E-state index in [1.165, 1.54) is 12.1 Å². The summed E-state index contributed by atoms with van der Waals surface area (Å²) in [5, 5.41) is 3.24. The number of fused-ring (bicyclic) bond motifs is 1. The number of ether oxygens (including phenoxy) is 1. The van der Waals surface area contributed by atoms with Crippen molar-refractivity contribution in [2.24, 2.45) is 0 Å². The minimum Gasteiger partial charge on any atom is -0.378 e. The Labute approximate surface area is 149 Å². The number of anilines is 1. The van der Waals surface area contributed by atoms with Crippen molar-refractivity contribution in [2.75, 3.05) is 37.7 Å². The molecule has 1 aromatic carbocycles. The van der Waals surface area contributed by atoms with Crippen LogP contribution in [0.5, 0.6) is 0 Å². The van der Waals surface area contributed by atoms with Gasteiger partial charge in [-0.05, 0) is 19.0 Å². The highest BCUT2D eigenvalue weighted by atomic mass is 19.4. The van der Waals surface area contributed by atoms with Crippen molar-refractivity contribution >= 4 is 5.82 Å². The molecule has 0 bridgehead atoms. The number of hydrogen-bond acceptors (Lipinski definition) is 5. The summed E-state index contributed by atoms with van der Waals surface area (Å²) in [5.74, 6) is 0.869. The molecule has 1 aromatic heterocycles. The van der Waals surface area contributed by atoms with Gasteiger partial charge in [-0.3, -0.25) is 0 Å². The van der Waals surface area contributed by atoms with Gasteiger partial charge in [0.1, 0.15) is 5.82 Å². The smallest absolute Gasteiger partial charge is 0.378 e. The monoisotopic (exact) mass is 364 g/mol. The zero-order valence-corrected chi connectivity index (χ0v) is 14.1. The van der Waals surface area contributed by atoms with Gasteiger partial charge in [0, 0.05) is 30.8 Å². The SMILES string of the molecule is FC(F)(F)c1ccccc1-c1nc2c(c(N3CCOCC3)n1)CCNC2. The minimum atomic E-state index is -4.45. The van der Waals surface area contributed by atoms with Gasteiger partial charge in [-0.25, -0.2) is 9.97 Å². The molecule has 2 aliphatic heterocycles. The first-order valence-corrected chi connectivity index (χ1v) is 8.64. The number of aromatic nitrogens is 2. The van der Waals surface area contributed by atoms with Crippen LogP contribution in [-0.2, 0) is 23.9 Å². The molecule has 1 saturated heterocycles. The van der Waals surface area contributed by atoms with Gasteiger partial charge in [0.25, 0.3) is 0 Å². The van der Waals surface area contributed by atoms with Crippen molar-refractivity contribution < 1.29 is 17.9 Å². The Kier molecular flexibility index (Phi) is 4.54. The lowest BCUT2D eigenvalue weighted by Gasteiger charge is -2.31. The van der Waals surface area contributed by atoms with E-state index in [9.17, 15) is 13.2 Å². The van der Waals surface area contributed by atoms with Crippen molar-refractivity contribution in [3.63, 3.8) is 0 Å².